The van der Waals surface area contributed by atoms with Gasteiger partial charge in [0.15, 0.2) is 17.3 Å². The van der Waals surface area contributed by atoms with Gasteiger partial charge in [0.2, 0.25) is 0 Å². The quantitative estimate of drug-likeness (QED) is 0.606. The molecule has 5 nitrogen and oxygen atoms in total. The number of nitrogens with one attached hydrogen (secondary N) is 1. The lowest BCUT2D eigenvalue weighted by molar-refractivity contribution is 0.102. The first-order valence-electron chi connectivity index (χ1n) is 8.46. The van der Waals surface area contributed by atoms with Gasteiger partial charge in [-0.1, -0.05) is 48.0 Å². The number of ether oxygens (including phenoxy) is 2. The van der Waals surface area contributed by atoms with Gasteiger partial charge in [-0.15, -0.1) is 0 Å². The number of ketones is 1. The Bertz CT molecular complexity index is 1020. The highest BCUT2D eigenvalue weighted by Crippen LogP contribution is 2.32. The van der Waals surface area contributed by atoms with Crippen LogP contribution in [0.4, 0.5) is 5.69 Å². The van der Waals surface area contributed by atoms with Crippen molar-refractivity contribution < 1.29 is 19.1 Å². The van der Waals surface area contributed by atoms with Gasteiger partial charge in [-0.3, -0.25) is 9.59 Å². The third-order valence-corrected chi connectivity index (χ3v) is 4.39. The number of para-hydroxylation sites is 1. The molecule has 0 radical (unpaired) electrons. The zero-order valence-corrected chi connectivity index (χ0v) is 16.1. The first-order valence-corrected chi connectivity index (χ1v) is 8.84. The van der Waals surface area contributed by atoms with Crippen LogP contribution < -0.4 is 14.8 Å². The van der Waals surface area contributed by atoms with Gasteiger partial charge < -0.3 is 14.8 Å². The van der Waals surface area contributed by atoms with Crippen molar-refractivity contribution in [1.29, 1.82) is 0 Å². The number of benzene rings is 3. The summed E-state index contributed by atoms with van der Waals surface area (Å²) in [7, 11) is 2.96. The van der Waals surface area contributed by atoms with Crippen LogP contribution in [0.2, 0.25) is 5.02 Å². The molecule has 0 aliphatic heterocycles. The maximum atomic E-state index is 12.9. The lowest BCUT2D eigenvalue weighted by Crippen LogP contribution is -2.16. The number of anilines is 1. The van der Waals surface area contributed by atoms with Crippen molar-refractivity contribution in [2.45, 2.75) is 0 Å². The largest absolute Gasteiger partial charge is 0.493 e. The number of methoxy groups -OCH3 is 2. The van der Waals surface area contributed by atoms with E-state index in [-0.39, 0.29) is 11.3 Å². The average molecular weight is 396 g/mol. The predicted octanol–water partition coefficient (Wildman–Crippen LogP) is 4.84. The Labute approximate surface area is 167 Å². The van der Waals surface area contributed by atoms with Crippen LogP contribution in [0.3, 0.4) is 0 Å². The molecule has 6 heteroatoms. The smallest absolute Gasteiger partial charge is 0.259 e. The molecule has 0 aromatic heterocycles. The fraction of sp³-hybridized carbons (Fsp3) is 0.0909. The summed E-state index contributed by atoms with van der Waals surface area (Å²) in [4.78, 5) is 25.8. The van der Waals surface area contributed by atoms with Crippen LogP contribution in [-0.2, 0) is 0 Å². The van der Waals surface area contributed by atoms with E-state index in [2.05, 4.69) is 5.32 Å². The Kier molecular flexibility index (Phi) is 5.96. The molecule has 3 aromatic carbocycles. The zero-order valence-electron chi connectivity index (χ0n) is 15.4. The van der Waals surface area contributed by atoms with Crippen LogP contribution in [0, 0.1) is 0 Å². The highest BCUT2D eigenvalue weighted by atomic mass is 35.5. The number of rotatable bonds is 6. The second kappa shape index (κ2) is 8.59. The monoisotopic (exact) mass is 395 g/mol. The molecule has 0 heterocycles. The summed E-state index contributed by atoms with van der Waals surface area (Å²) in [6.45, 7) is 0. The van der Waals surface area contributed by atoms with E-state index in [4.69, 9.17) is 21.1 Å². The maximum absolute atomic E-state index is 12.9. The third-order valence-electron chi connectivity index (χ3n) is 4.16. The summed E-state index contributed by atoms with van der Waals surface area (Å²) in [6.07, 6.45) is 0. The molecule has 0 unspecified atom stereocenters. The minimum atomic E-state index is -0.430. The van der Waals surface area contributed by atoms with Gasteiger partial charge in [-0.25, -0.2) is 0 Å². The van der Waals surface area contributed by atoms with Gasteiger partial charge in [0.05, 0.1) is 25.5 Å². The minimum absolute atomic E-state index is 0.240. The molecule has 0 saturated carbocycles. The van der Waals surface area contributed by atoms with Crippen LogP contribution in [-0.4, -0.2) is 25.9 Å². The number of carbonyl (C=O) groups is 2. The Morgan fingerprint density at radius 3 is 2.29 bits per heavy atom. The van der Waals surface area contributed by atoms with E-state index in [0.717, 1.165) is 0 Å². The van der Waals surface area contributed by atoms with Crippen molar-refractivity contribution in [1.82, 2.24) is 0 Å². The Morgan fingerprint density at radius 2 is 1.61 bits per heavy atom. The zero-order chi connectivity index (χ0) is 20.1. The molecular formula is C22H18ClNO4. The first-order chi connectivity index (χ1) is 13.5. The fourth-order valence-corrected chi connectivity index (χ4v) is 2.99. The van der Waals surface area contributed by atoms with Gasteiger partial charge in [-0.05, 0) is 30.3 Å². The van der Waals surface area contributed by atoms with E-state index in [9.17, 15) is 9.59 Å². The Hall–Kier alpha value is -3.31. The standard InChI is InChI=1S/C22H18ClNO4/c1-27-19-10-6-9-16(21(19)28-2)22(26)24-18-12-11-15(23)13-17(18)20(25)14-7-4-3-5-8-14/h3-13H,1-2H3,(H,24,26). The second-order valence-electron chi connectivity index (χ2n) is 5.88. The number of carbonyl (C=O) groups excluding carboxylic acids is 2. The molecule has 1 N–H and O–H groups in total. The number of hydrogen-bond donors (Lipinski definition) is 1. The van der Waals surface area contributed by atoms with Gasteiger partial charge in [0.1, 0.15) is 0 Å². The lowest BCUT2D eigenvalue weighted by atomic mass is 10.0. The van der Waals surface area contributed by atoms with Crippen molar-refractivity contribution in [3.05, 3.63) is 88.4 Å². The van der Waals surface area contributed by atoms with E-state index >= 15 is 0 Å². The Morgan fingerprint density at radius 1 is 0.857 bits per heavy atom. The number of halogens is 1. The van der Waals surface area contributed by atoms with E-state index < -0.39 is 5.91 Å². The second-order valence-corrected chi connectivity index (χ2v) is 6.32. The van der Waals surface area contributed by atoms with Crippen LogP contribution in [0.15, 0.2) is 66.7 Å². The number of hydrogen-bond acceptors (Lipinski definition) is 4. The summed E-state index contributed by atoms with van der Waals surface area (Å²) in [5.74, 6) is 0.0791. The van der Waals surface area contributed by atoms with Crippen LogP contribution in [0.1, 0.15) is 26.3 Å². The maximum Gasteiger partial charge on any atom is 0.259 e. The SMILES string of the molecule is COc1cccc(C(=O)Nc2ccc(Cl)cc2C(=O)c2ccccc2)c1OC. The highest BCUT2D eigenvalue weighted by molar-refractivity contribution is 6.31. The molecule has 0 atom stereocenters. The molecule has 0 fully saturated rings. The molecule has 28 heavy (non-hydrogen) atoms. The molecule has 0 saturated heterocycles. The summed E-state index contributed by atoms with van der Waals surface area (Å²) >= 11 is 6.09. The molecule has 0 bridgehead atoms. The Balaban J connectivity index is 1.98. The van der Waals surface area contributed by atoms with E-state index in [1.807, 2.05) is 6.07 Å². The minimum Gasteiger partial charge on any atom is -0.493 e. The van der Waals surface area contributed by atoms with E-state index in [1.165, 1.54) is 20.3 Å². The fourth-order valence-electron chi connectivity index (χ4n) is 2.81. The van der Waals surface area contributed by atoms with Crippen molar-refractivity contribution in [3.63, 3.8) is 0 Å². The summed E-state index contributed by atoms with van der Waals surface area (Å²) in [6, 6.07) is 18.5. The van der Waals surface area contributed by atoms with Crippen molar-refractivity contribution in [2.24, 2.45) is 0 Å². The molecule has 0 aliphatic carbocycles. The van der Waals surface area contributed by atoms with Crippen LogP contribution in [0.5, 0.6) is 11.5 Å². The van der Waals surface area contributed by atoms with Crippen molar-refractivity contribution in [2.75, 3.05) is 19.5 Å². The van der Waals surface area contributed by atoms with Crippen molar-refractivity contribution in [3.8, 4) is 11.5 Å². The molecular weight excluding hydrogens is 378 g/mol. The predicted molar refractivity (Wildman–Crippen MR) is 109 cm³/mol. The average Bonchev–Trinajstić information content (AvgIpc) is 2.74. The van der Waals surface area contributed by atoms with Gasteiger partial charge in [0, 0.05) is 16.1 Å². The molecule has 142 valence electrons. The highest BCUT2D eigenvalue weighted by Gasteiger charge is 2.20. The van der Waals surface area contributed by atoms with Gasteiger partial charge in [-0.2, -0.15) is 0 Å². The topological polar surface area (TPSA) is 64.6 Å². The molecule has 0 aliphatic rings. The third kappa shape index (κ3) is 4.00. The van der Waals surface area contributed by atoms with Crippen LogP contribution in [0.25, 0.3) is 0 Å². The summed E-state index contributed by atoms with van der Waals surface area (Å²) in [5, 5.41) is 3.18. The molecule has 3 aromatic rings. The molecule has 3 rings (SSSR count). The number of amides is 1. The summed E-state index contributed by atoms with van der Waals surface area (Å²) < 4.78 is 10.6. The van der Waals surface area contributed by atoms with Crippen LogP contribution >= 0.6 is 11.6 Å². The van der Waals surface area contributed by atoms with E-state index in [0.29, 0.717) is 33.3 Å². The van der Waals surface area contributed by atoms with Crippen molar-refractivity contribution >= 4 is 29.0 Å². The van der Waals surface area contributed by atoms with Gasteiger partial charge in [0.25, 0.3) is 5.91 Å². The lowest BCUT2D eigenvalue weighted by Gasteiger charge is -2.14. The molecule has 0 spiro atoms. The van der Waals surface area contributed by atoms with E-state index in [1.54, 1.807) is 54.6 Å². The normalized spacial score (nSPS) is 10.2. The first kappa shape index (κ1) is 19.5. The van der Waals surface area contributed by atoms with Gasteiger partial charge >= 0.3 is 0 Å². The summed E-state index contributed by atoms with van der Waals surface area (Å²) in [5.41, 5.74) is 1.44. The molecule has 1 amide bonds.